The highest BCUT2D eigenvalue weighted by molar-refractivity contribution is 5.64. The van der Waals surface area contributed by atoms with Crippen molar-refractivity contribution in [1.29, 1.82) is 0 Å². The van der Waals surface area contributed by atoms with Gasteiger partial charge in [-0.05, 0) is 42.0 Å². The van der Waals surface area contributed by atoms with Crippen molar-refractivity contribution in [1.82, 2.24) is 5.16 Å². The number of hydrogen-bond donors (Lipinski definition) is 1. The molecule has 1 aromatic heterocycles. The molecule has 3 rings (SSSR count). The van der Waals surface area contributed by atoms with E-state index in [1.54, 1.807) is 36.4 Å². The first-order valence-corrected chi connectivity index (χ1v) is 8.08. The lowest BCUT2D eigenvalue weighted by molar-refractivity contribution is -0.137. The predicted molar refractivity (Wildman–Crippen MR) is 92.1 cm³/mol. The number of hydrogen-bond acceptors (Lipinski definition) is 5. The third-order valence-corrected chi connectivity index (χ3v) is 3.73. The van der Waals surface area contributed by atoms with Crippen molar-refractivity contribution in [3.8, 4) is 17.0 Å². The molecule has 0 aliphatic carbocycles. The Labute approximate surface area is 157 Å². The third-order valence-electron chi connectivity index (χ3n) is 3.73. The van der Waals surface area contributed by atoms with Crippen LogP contribution in [-0.2, 0) is 24.1 Å². The zero-order valence-corrected chi connectivity index (χ0v) is 14.4. The fourth-order valence-electron chi connectivity index (χ4n) is 2.39. The number of amides is 1. The molecule has 9 heteroatoms. The van der Waals surface area contributed by atoms with Gasteiger partial charge in [0.1, 0.15) is 18.1 Å². The Hall–Kier alpha value is -3.49. The molecule has 0 bridgehead atoms. The summed E-state index contributed by atoms with van der Waals surface area (Å²) >= 11 is 0. The Morgan fingerprint density at radius 2 is 1.82 bits per heavy atom. The molecular formula is C19H15F3N2O4. The quantitative estimate of drug-likeness (QED) is 0.666. The number of nitrogens with two attached hydrogens (primary N) is 1. The standard InChI is InChI=1S/C19H15F3N2O4/c20-19(21,22)14-3-1-2-12(8-14)10-26-15-6-4-13(5-7-15)17-9-16(28-24-17)11-27-18(23)25/h1-9H,10-11H2,(H2,23,25). The predicted octanol–water partition coefficient (Wildman–Crippen LogP) is 4.53. The van der Waals surface area contributed by atoms with Crippen LogP contribution in [0.4, 0.5) is 18.0 Å². The summed E-state index contributed by atoms with van der Waals surface area (Å²) in [4.78, 5) is 10.6. The van der Waals surface area contributed by atoms with Crippen LogP contribution in [-0.4, -0.2) is 11.2 Å². The second-order valence-corrected chi connectivity index (χ2v) is 5.80. The first kappa shape index (κ1) is 19.3. The van der Waals surface area contributed by atoms with Crippen LogP contribution >= 0.6 is 0 Å². The lowest BCUT2D eigenvalue weighted by atomic mass is 10.1. The van der Waals surface area contributed by atoms with Crippen molar-refractivity contribution in [2.75, 3.05) is 0 Å². The molecule has 0 atom stereocenters. The number of nitrogens with zero attached hydrogens (tertiary/aromatic N) is 1. The van der Waals surface area contributed by atoms with E-state index in [4.69, 9.17) is 15.0 Å². The maximum atomic E-state index is 12.7. The second-order valence-electron chi connectivity index (χ2n) is 5.80. The van der Waals surface area contributed by atoms with Gasteiger partial charge in [0, 0.05) is 11.6 Å². The molecule has 0 unspecified atom stereocenters. The van der Waals surface area contributed by atoms with Gasteiger partial charge in [-0.15, -0.1) is 0 Å². The van der Waals surface area contributed by atoms with Crippen molar-refractivity contribution < 1.29 is 32.0 Å². The summed E-state index contributed by atoms with van der Waals surface area (Å²) in [6.45, 7) is -0.123. The lowest BCUT2D eigenvalue weighted by Gasteiger charge is -2.10. The van der Waals surface area contributed by atoms with Crippen LogP contribution in [0, 0.1) is 0 Å². The van der Waals surface area contributed by atoms with Crippen molar-refractivity contribution in [3.63, 3.8) is 0 Å². The lowest BCUT2D eigenvalue weighted by Crippen LogP contribution is -2.12. The summed E-state index contributed by atoms with van der Waals surface area (Å²) in [5, 5.41) is 3.87. The van der Waals surface area contributed by atoms with Gasteiger partial charge in [-0.2, -0.15) is 13.2 Å². The molecule has 2 aromatic carbocycles. The fraction of sp³-hybridized carbons (Fsp3) is 0.158. The molecule has 28 heavy (non-hydrogen) atoms. The Morgan fingerprint density at radius 3 is 2.50 bits per heavy atom. The monoisotopic (exact) mass is 392 g/mol. The number of ether oxygens (including phenoxy) is 2. The SMILES string of the molecule is NC(=O)OCc1cc(-c2ccc(OCc3cccc(C(F)(F)F)c3)cc2)no1. The van der Waals surface area contributed by atoms with Crippen LogP contribution in [0.2, 0.25) is 0 Å². The molecule has 0 saturated heterocycles. The second kappa shape index (κ2) is 8.03. The van der Waals surface area contributed by atoms with Crippen molar-refractivity contribution >= 4 is 6.09 Å². The van der Waals surface area contributed by atoms with Crippen LogP contribution in [0.5, 0.6) is 5.75 Å². The van der Waals surface area contributed by atoms with Gasteiger partial charge in [0.15, 0.2) is 12.4 Å². The molecule has 0 spiro atoms. The zero-order chi connectivity index (χ0) is 20.1. The van der Waals surface area contributed by atoms with Crippen molar-refractivity contribution in [3.05, 3.63) is 71.5 Å². The van der Waals surface area contributed by atoms with E-state index in [-0.39, 0.29) is 13.2 Å². The minimum Gasteiger partial charge on any atom is -0.489 e. The smallest absolute Gasteiger partial charge is 0.416 e. The normalized spacial score (nSPS) is 11.2. The molecule has 1 amide bonds. The van der Waals surface area contributed by atoms with Crippen molar-refractivity contribution in [2.24, 2.45) is 5.73 Å². The molecule has 0 aliphatic rings. The van der Waals surface area contributed by atoms with Gasteiger partial charge in [0.05, 0.1) is 5.56 Å². The fourth-order valence-corrected chi connectivity index (χ4v) is 2.39. The van der Waals surface area contributed by atoms with Crippen LogP contribution < -0.4 is 10.5 Å². The maximum absolute atomic E-state index is 12.7. The molecule has 0 aliphatic heterocycles. The summed E-state index contributed by atoms with van der Waals surface area (Å²) in [6.07, 6.45) is -5.31. The van der Waals surface area contributed by atoms with E-state index in [0.29, 0.717) is 22.8 Å². The first-order valence-electron chi connectivity index (χ1n) is 8.08. The molecule has 146 valence electrons. The molecular weight excluding hydrogens is 377 g/mol. The third kappa shape index (κ3) is 5.03. The number of benzene rings is 2. The van der Waals surface area contributed by atoms with Gasteiger partial charge in [-0.25, -0.2) is 4.79 Å². The highest BCUT2D eigenvalue weighted by Gasteiger charge is 2.30. The highest BCUT2D eigenvalue weighted by Crippen LogP contribution is 2.30. The van der Waals surface area contributed by atoms with Crippen LogP contribution in [0.15, 0.2) is 59.1 Å². The summed E-state index contributed by atoms with van der Waals surface area (Å²) in [5.41, 5.74) is 5.82. The maximum Gasteiger partial charge on any atom is 0.416 e. The molecule has 3 aromatic rings. The summed E-state index contributed by atoms with van der Waals surface area (Å²) in [7, 11) is 0. The summed E-state index contributed by atoms with van der Waals surface area (Å²) in [6, 6.07) is 13.3. The minimum atomic E-state index is -4.39. The van der Waals surface area contributed by atoms with E-state index in [1.165, 1.54) is 6.07 Å². The van der Waals surface area contributed by atoms with Gasteiger partial charge < -0.3 is 19.7 Å². The molecule has 0 saturated carbocycles. The molecule has 0 radical (unpaired) electrons. The highest BCUT2D eigenvalue weighted by atomic mass is 19.4. The van der Waals surface area contributed by atoms with Crippen molar-refractivity contribution in [2.45, 2.75) is 19.4 Å². The molecule has 2 N–H and O–H groups in total. The number of rotatable bonds is 6. The van der Waals surface area contributed by atoms with E-state index in [0.717, 1.165) is 17.7 Å². The molecule has 0 fully saturated rings. The first-order chi connectivity index (χ1) is 13.3. The number of carbonyl (C=O) groups is 1. The Kier molecular flexibility index (Phi) is 5.53. The number of primary amides is 1. The van der Waals surface area contributed by atoms with E-state index in [9.17, 15) is 18.0 Å². The number of halogens is 3. The number of carbonyl (C=O) groups excluding carboxylic acids is 1. The molecule has 6 nitrogen and oxygen atoms in total. The Bertz CT molecular complexity index is 952. The minimum absolute atomic E-state index is 0.00182. The number of alkyl halides is 3. The van der Waals surface area contributed by atoms with E-state index in [2.05, 4.69) is 9.89 Å². The zero-order valence-electron chi connectivity index (χ0n) is 14.4. The van der Waals surface area contributed by atoms with Gasteiger partial charge in [0.2, 0.25) is 0 Å². The largest absolute Gasteiger partial charge is 0.489 e. The number of aromatic nitrogens is 1. The topological polar surface area (TPSA) is 87.6 Å². The Morgan fingerprint density at radius 1 is 1.07 bits per heavy atom. The van der Waals surface area contributed by atoms with Crippen LogP contribution in [0.1, 0.15) is 16.9 Å². The summed E-state index contributed by atoms with van der Waals surface area (Å²) < 4.78 is 53.4. The van der Waals surface area contributed by atoms with Crippen LogP contribution in [0.3, 0.4) is 0 Å². The molecule has 1 heterocycles. The van der Waals surface area contributed by atoms with E-state index in [1.807, 2.05) is 0 Å². The van der Waals surface area contributed by atoms with Crippen LogP contribution in [0.25, 0.3) is 11.3 Å². The van der Waals surface area contributed by atoms with Gasteiger partial charge in [0.25, 0.3) is 0 Å². The average molecular weight is 392 g/mol. The summed E-state index contributed by atoms with van der Waals surface area (Å²) in [5.74, 6) is 0.820. The van der Waals surface area contributed by atoms with E-state index >= 15 is 0 Å². The Balaban J connectivity index is 1.61. The average Bonchev–Trinajstić information content (AvgIpc) is 3.14. The van der Waals surface area contributed by atoms with Gasteiger partial charge in [-0.3, -0.25) is 0 Å². The van der Waals surface area contributed by atoms with Gasteiger partial charge >= 0.3 is 12.3 Å². The van der Waals surface area contributed by atoms with E-state index < -0.39 is 17.8 Å². The van der Waals surface area contributed by atoms with Gasteiger partial charge in [-0.1, -0.05) is 17.3 Å².